The third-order valence-electron chi connectivity index (χ3n) is 2.50. The zero-order chi connectivity index (χ0) is 15.3. The number of nitrogens with one attached hydrogen (secondary N) is 1. The van der Waals surface area contributed by atoms with Crippen LogP contribution in [0.2, 0.25) is 0 Å². The third kappa shape index (κ3) is 4.86. The second-order valence-electron chi connectivity index (χ2n) is 3.77. The Hall–Kier alpha value is -2.45. The van der Waals surface area contributed by atoms with Gasteiger partial charge in [0.05, 0.1) is 0 Å². The number of imide groups is 1. The van der Waals surface area contributed by atoms with Gasteiger partial charge in [0.1, 0.15) is 0 Å². The van der Waals surface area contributed by atoms with Crippen molar-refractivity contribution in [3.8, 4) is 0 Å². The molecule has 0 aliphatic carbocycles. The van der Waals surface area contributed by atoms with Crippen molar-refractivity contribution in [1.29, 1.82) is 0 Å². The lowest BCUT2D eigenvalue weighted by Crippen LogP contribution is -3.00. The van der Waals surface area contributed by atoms with Crippen LogP contribution >= 0.6 is 0 Å². The minimum Gasteiger partial charge on any atom is -1.00 e. The Morgan fingerprint density at radius 3 is 2.05 bits per heavy atom. The number of halogens is 4. The first kappa shape index (κ1) is 18.6. The summed E-state index contributed by atoms with van der Waals surface area (Å²) < 4.78 is 30.7. The highest BCUT2D eigenvalue weighted by Crippen LogP contribution is 2.17. The molecule has 1 N–H and O–H groups in total. The molecule has 0 saturated heterocycles. The Balaban J connectivity index is 0.000000715. The molecule has 21 heavy (non-hydrogen) atoms. The van der Waals surface area contributed by atoms with Crippen LogP contribution in [0.15, 0.2) is 48.3 Å². The maximum Gasteiger partial charge on any atom is 0.762 e. The zero-order valence-electron chi connectivity index (χ0n) is 10.9. The summed E-state index contributed by atoms with van der Waals surface area (Å²) in [5, 5.41) is 2.25. The highest BCUT2D eigenvalue weighted by molar-refractivity contribution is 6.33. The van der Waals surface area contributed by atoms with Crippen molar-refractivity contribution >= 4 is 25.1 Å². The summed E-state index contributed by atoms with van der Waals surface area (Å²) in [7, 11) is -3.67. The molecular formula is C12H11BF4N2O2. The van der Waals surface area contributed by atoms with Gasteiger partial charge in [-0.15, -0.1) is 0 Å². The van der Waals surface area contributed by atoms with Gasteiger partial charge in [0.25, 0.3) is 11.6 Å². The highest BCUT2D eigenvalue weighted by atomic mass is 19.4. The number of carbonyl (C=O) groups excluding carboxylic acids is 2. The molecule has 2 heterocycles. The minimum absolute atomic E-state index is 0. The smallest absolute Gasteiger partial charge is 0.762 e. The Morgan fingerprint density at radius 1 is 1.10 bits per heavy atom. The van der Waals surface area contributed by atoms with Crippen LogP contribution in [-0.4, -0.2) is 19.4 Å². The maximum atomic E-state index is 11.7. The summed E-state index contributed by atoms with van der Waals surface area (Å²) >= 11 is 0. The molecule has 0 bridgehead atoms. The molecule has 0 radical (unpaired) electrons. The van der Waals surface area contributed by atoms with Crippen molar-refractivity contribution in [3.63, 3.8) is 0 Å². The van der Waals surface area contributed by atoms with Crippen LogP contribution in [-0.2, 0) is 9.59 Å². The van der Waals surface area contributed by atoms with E-state index in [1.54, 1.807) is 23.9 Å². The molecule has 9 heteroatoms. The molecule has 4 nitrogen and oxygen atoms in total. The number of pyridine rings is 1. The van der Waals surface area contributed by atoms with Crippen molar-refractivity contribution in [2.24, 2.45) is 0 Å². The molecular weight excluding hydrogens is 291 g/mol. The standard InChI is InChI=1S/C12H10N2O2.BF3.FH/c1-8-9(2)11(15)13-12(16)10(8)14-6-4-3-5-7-14;2-1(3)4;/h3-7H,2H2,1H3;;1H. The second-order valence-corrected chi connectivity index (χ2v) is 3.77. The molecule has 0 atom stereocenters. The van der Waals surface area contributed by atoms with Gasteiger partial charge in [0, 0.05) is 23.3 Å². The largest absolute Gasteiger partial charge is 1.00 e. The van der Waals surface area contributed by atoms with Crippen molar-refractivity contribution in [2.45, 2.75) is 6.92 Å². The van der Waals surface area contributed by atoms with E-state index in [4.69, 9.17) is 0 Å². The molecule has 0 fully saturated rings. The van der Waals surface area contributed by atoms with Crippen LogP contribution in [0.25, 0.3) is 5.70 Å². The molecule has 0 aromatic carbocycles. The lowest BCUT2D eigenvalue weighted by atomic mass is 10.0. The summed E-state index contributed by atoms with van der Waals surface area (Å²) in [4.78, 5) is 23.0. The molecule has 2 rings (SSSR count). The number of amides is 2. The fraction of sp³-hybridized carbons (Fsp3) is 0.0833. The van der Waals surface area contributed by atoms with Crippen LogP contribution < -0.4 is 14.6 Å². The predicted octanol–water partition coefficient (Wildman–Crippen LogP) is -1.70. The fourth-order valence-electron chi connectivity index (χ4n) is 1.58. The first-order valence-corrected chi connectivity index (χ1v) is 5.49. The van der Waals surface area contributed by atoms with E-state index in [1.165, 1.54) is 0 Å². The average molecular weight is 302 g/mol. The predicted molar refractivity (Wildman–Crippen MR) is 66.9 cm³/mol. The highest BCUT2D eigenvalue weighted by Gasteiger charge is 2.32. The van der Waals surface area contributed by atoms with E-state index in [0.717, 1.165) is 0 Å². The van der Waals surface area contributed by atoms with Gasteiger partial charge in [-0.3, -0.25) is 27.9 Å². The second kappa shape index (κ2) is 7.98. The van der Waals surface area contributed by atoms with E-state index in [9.17, 15) is 22.5 Å². The molecule has 112 valence electrons. The lowest BCUT2D eigenvalue weighted by molar-refractivity contribution is -0.578. The molecule has 2 amide bonds. The Kier molecular flexibility index (Phi) is 7.05. The van der Waals surface area contributed by atoms with Gasteiger partial charge >= 0.3 is 13.5 Å². The van der Waals surface area contributed by atoms with E-state index < -0.39 is 19.4 Å². The Morgan fingerprint density at radius 2 is 1.57 bits per heavy atom. The number of hydrogen-bond acceptors (Lipinski definition) is 2. The fourth-order valence-corrected chi connectivity index (χ4v) is 1.58. The molecule has 1 aliphatic heterocycles. The van der Waals surface area contributed by atoms with Crippen LogP contribution in [0.1, 0.15) is 6.92 Å². The average Bonchev–Trinajstić information content (AvgIpc) is 2.37. The summed E-state index contributed by atoms with van der Waals surface area (Å²) in [6.45, 7) is 5.37. The molecule has 1 aromatic heterocycles. The molecule has 0 saturated carbocycles. The molecule has 0 unspecified atom stereocenters. The Labute approximate surface area is 118 Å². The van der Waals surface area contributed by atoms with Gasteiger partial charge in [-0.05, 0) is 6.92 Å². The van der Waals surface area contributed by atoms with E-state index in [1.807, 2.05) is 18.2 Å². The van der Waals surface area contributed by atoms with Crippen molar-refractivity contribution < 1.29 is 31.8 Å². The van der Waals surface area contributed by atoms with Crippen LogP contribution in [0, 0.1) is 0 Å². The topological polar surface area (TPSA) is 50.1 Å². The summed E-state index contributed by atoms with van der Waals surface area (Å²) in [5.74, 6) is -0.825. The van der Waals surface area contributed by atoms with Crippen LogP contribution in [0.3, 0.4) is 0 Å². The molecule has 1 aliphatic rings. The van der Waals surface area contributed by atoms with Gasteiger partial charge in [-0.25, -0.2) is 0 Å². The first-order valence-electron chi connectivity index (χ1n) is 5.49. The zero-order valence-corrected chi connectivity index (χ0v) is 10.9. The van der Waals surface area contributed by atoms with Gasteiger partial charge in [-0.1, -0.05) is 12.6 Å². The van der Waals surface area contributed by atoms with E-state index >= 15 is 0 Å². The van der Waals surface area contributed by atoms with Crippen LogP contribution in [0.5, 0.6) is 0 Å². The van der Waals surface area contributed by atoms with Crippen molar-refractivity contribution in [1.82, 2.24) is 5.32 Å². The maximum absolute atomic E-state index is 11.7. The van der Waals surface area contributed by atoms with Gasteiger partial charge in [0.15, 0.2) is 12.4 Å². The van der Waals surface area contributed by atoms with E-state index in [-0.39, 0.29) is 4.70 Å². The summed E-state index contributed by atoms with van der Waals surface area (Å²) in [6, 6.07) is 5.48. The van der Waals surface area contributed by atoms with E-state index in [0.29, 0.717) is 16.8 Å². The number of nitrogens with zero attached hydrogens (tertiary/aromatic N) is 1. The van der Waals surface area contributed by atoms with Gasteiger partial charge < -0.3 is 4.70 Å². The number of hydrogen-bond donors (Lipinski definition) is 1. The lowest BCUT2D eigenvalue weighted by Gasteiger charge is -2.14. The summed E-state index contributed by atoms with van der Waals surface area (Å²) in [5.41, 5.74) is 1.36. The third-order valence-corrected chi connectivity index (χ3v) is 2.50. The number of aromatic nitrogens is 1. The SMILES string of the molecule is C=C1C(=O)NC(=O)C([n+]2ccccc2)=C1C.FB(F)F.[F-]. The minimum atomic E-state index is -3.67. The molecule has 1 aromatic rings. The van der Waals surface area contributed by atoms with E-state index in [2.05, 4.69) is 11.9 Å². The Bertz CT molecular complexity index is 573. The monoisotopic (exact) mass is 302 g/mol. The van der Waals surface area contributed by atoms with Crippen LogP contribution in [0.4, 0.5) is 12.9 Å². The quantitative estimate of drug-likeness (QED) is 0.221. The first-order chi connectivity index (χ1) is 9.34. The normalized spacial score (nSPS) is 13.8. The molecule has 0 spiro atoms. The number of rotatable bonds is 1. The van der Waals surface area contributed by atoms with Gasteiger partial charge in [-0.2, -0.15) is 4.57 Å². The van der Waals surface area contributed by atoms with Crippen molar-refractivity contribution in [3.05, 3.63) is 48.3 Å². The van der Waals surface area contributed by atoms with Crippen molar-refractivity contribution in [2.75, 3.05) is 0 Å². The summed E-state index contributed by atoms with van der Waals surface area (Å²) in [6.07, 6.45) is 3.50. The van der Waals surface area contributed by atoms with Gasteiger partial charge in [0.2, 0.25) is 0 Å². The number of carbonyl (C=O) groups is 2.